The zero-order chi connectivity index (χ0) is 17.6. The minimum Gasteiger partial charge on any atom is -0.493 e. The van der Waals surface area contributed by atoms with Crippen molar-refractivity contribution in [2.75, 3.05) is 25.0 Å². The first-order valence-electron chi connectivity index (χ1n) is 8.78. The lowest BCUT2D eigenvalue weighted by Crippen LogP contribution is -2.29. The van der Waals surface area contributed by atoms with Gasteiger partial charge in [0.15, 0.2) is 5.69 Å². The first-order valence-corrected chi connectivity index (χ1v) is 8.78. The van der Waals surface area contributed by atoms with E-state index in [4.69, 9.17) is 4.74 Å². The molecule has 0 atom stereocenters. The predicted octanol–water partition coefficient (Wildman–Crippen LogP) is 2.91. The van der Waals surface area contributed by atoms with Gasteiger partial charge in [-0.15, -0.1) is 17.5 Å². The zero-order valence-corrected chi connectivity index (χ0v) is 16.0. The molecule has 1 saturated heterocycles. The van der Waals surface area contributed by atoms with Crippen LogP contribution in [-0.4, -0.2) is 40.6 Å². The van der Waals surface area contributed by atoms with Crippen molar-refractivity contribution >= 4 is 24.0 Å². The van der Waals surface area contributed by atoms with Gasteiger partial charge in [0, 0.05) is 11.8 Å². The van der Waals surface area contributed by atoms with Crippen LogP contribution in [0.3, 0.4) is 0 Å². The van der Waals surface area contributed by atoms with Crippen molar-refractivity contribution in [1.29, 1.82) is 0 Å². The summed E-state index contributed by atoms with van der Waals surface area (Å²) in [5.74, 6) is 0.925. The zero-order valence-electron chi connectivity index (χ0n) is 15.1. The number of nitrogens with zero attached hydrogens (tertiary/aromatic N) is 3. The first kappa shape index (κ1) is 20.2. The lowest BCUT2D eigenvalue weighted by molar-refractivity contribution is 0.102. The van der Waals surface area contributed by atoms with Crippen molar-refractivity contribution in [2.24, 2.45) is 5.92 Å². The number of rotatable bonds is 6. The number of hydrogen-bond donors (Lipinski definition) is 2. The number of benzene rings is 1. The fourth-order valence-electron chi connectivity index (χ4n) is 2.75. The van der Waals surface area contributed by atoms with Crippen LogP contribution in [0.15, 0.2) is 30.5 Å². The number of ether oxygens (including phenoxy) is 1. The van der Waals surface area contributed by atoms with Gasteiger partial charge in [-0.3, -0.25) is 4.79 Å². The molecule has 0 bridgehead atoms. The second-order valence-electron chi connectivity index (χ2n) is 6.75. The second kappa shape index (κ2) is 9.54. The van der Waals surface area contributed by atoms with Crippen LogP contribution in [0, 0.1) is 5.92 Å². The van der Waals surface area contributed by atoms with E-state index in [2.05, 4.69) is 34.8 Å². The van der Waals surface area contributed by atoms with Gasteiger partial charge in [0.1, 0.15) is 5.75 Å². The fourth-order valence-corrected chi connectivity index (χ4v) is 2.75. The topological polar surface area (TPSA) is 81.1 Å². The lowest BCUT2D eigenvalue weighted by Gasteiger charge is -2.22. The number of nitrogens with one attached hydrogen (secondary N) is 2. The molecule has 1 fully saturated rings. The average molecular weight is 380 g/mol. The molecule has 2 aromatic rings. The molecule has 1 aliphatic rings. The lowest BCUT2D eigenvalue weighted by atomic mass is 10.1. The minimum atomic E-state index is -0.263. The van der Waals surface area contributed by atoms with Crippen LogP contribution >= 0.6 is 12.4 Å². The Morgan fingerprint density at radius 3 is 2.88 bits per heavy atom. The van der Waals surface area contributed by atoms with Gasteiger partial charge in [-0.05, 0) is 44.0 Å². The quantitative estimate of drug-likeness (QED) is 0.806. The minimum absolute atomic E-state index is 0. The van der Waals surface area contributed by atoms with Crippen LogP contribution in [0.2, 0.25) is 0 Å². The molecular formula is C18H26ClN5O2. The van der Waals surface area contributed by atoms with E-state index in [0.717, 1.165) is 31.7 Å². The van der Waals surface area contributed by atoms with Crippen LogP contribution in [0.1, 0.15) is 43.2 Å². The predicted molar refractivity (Wildman–Crippen MR) is 103 cm³/mol. The monoisotopic (exact) mass is 379 g/mol. The highest BCUT2D eigenvalue weighted by molar-refractivity contribution is 6.02. The Labute approximate surface area is 159 Å². The molecule has 1 aromatic carbocycles. The van der Waals surface area contributed by atoms with E-state index in [1.54, 1.807) is 10.9 Å². The van der Waals surface area contributed by atoms with Crippen LogP contribution < -0.4 is 15.4 Å². The number of piperidine rings is 1. The van der Waals surface area contributed by atoms with Gasteiger partial charge in [-0.2, -0.15) is 0 Å². The Morgan fingerprint density at radius 2 is 2.15 bits per heavy atom. The van der Waals surface area contributed by atoms with E-state index < -0.39 is 0 Å². The normalized spacial score (nSPS) is 14.7. The summed E-state index contributed by atoms with van der Waals surface area (Å²) < 4.78 is 7.49. The van der Waals surface area contributed by atoms with E-state index in [0.29, 0.717) is 29.9 Å². The Bertz CT molecular complexity index is 713. The molecule has 26 heavy (non-hydrogen) atoms. The molecular weight excluding hydrogens is 354 g/mol. The smallest absolute Gasteiger partial charge is 0.277 e. The maximum atomic E-state index is 12.4. The standard InChI is InChI=1S/C18H25N5O2.ClH/c1-13(2)12-25-16-5-3-4-14(10-16)20-18(24)17-11-23(22-21-17)15-6-8-19-9-7-15;/h3-5,10-11,13,15,19H,6-9,12H2,1-2H3,(H,20,24);1H. The molecule has 3 rings (SSSR count). The van der Waals surface area contributed by atoms with Gasteiger partial charge in [-0.25, -0.2) is 4.68 Å². The summed E-state index contributed by atoms with van der Waals surface area (Å²) in [5, 5.41) is 14.3. The number of halogens is 1. The summed E-state index contributed by atoms with van der Waals surface area (Å²) in [4.78, 5) is 12.4. The number of anilines is 1. The highest BCUT2D eigenvalue weighted by Crippen LogP contribution is 2.20. The van der Waals surface area contributed by atoms with E-state index in [1.165, 1.54) is 0 Å². The van der Waals surface area contributed by atoms with E-state index in [1.807, 2.05) is 24.3 Å². The van der Waals surface area contributed by atoms with Crippen LogP contribution in [0.25, 0.3) is 0 Å². The number of carbonyl (C=O) groups excluding carboxylic acids is 1. The highest BCUT2D eigenvalue weighted by Gasteiger charge is 2.18. The van der Waals surface area contributed by atoms with Gasteiger partial charge < -0.3 is 15.4 Å². The summed E-state index contributed by atoms with van der Waals surface area (Å²) >= 11 is 0. The largest absolute Gasteiger partial charge is 0.493 e. The molecule has 1 aromatic heterocycles. The Kier molecular flexibility index (Phi) is 7.41. The highest BCUT2D eigenvalue weighted by atomic mass is 35.5. The third-order valence-electron chi connectivity index (χ3n) is 4.10. The van der Waals surface area contributed by atoms with Crippen molar-refractivity contribution in [3.05, 3.63) is 36.2 Å². The van der Waals surface area contributed by atoms with Gasteiger partial charge in [0.25, 0.3) is 5.91 Å². The molecule has 1 amide bonds. The molecule has 0 radical (unpaired) electrons. The molecule has 142 valence electrons. The van der Waals surface area contributed by atoms with E-state index in [-0.39, 0.29) is 18.3 Å². The average Bonchev–Trinajstić information content (AvgIpc) is 3.11. The first-order chi connectivity index (χ1) is 12.1. The summed E-state index contributed by atoms with van der Waals surface area (Å²) in [6.07, 6.45) is 3.73. The second-order valence-corrected chi connectivity index (χ2v) is 6.75. The Morgan fingerprint density at radius 1 is 1.38 bits per heavy atom. The number of aromatic nitrogens is 3. The van der Waals surface area contributed by atoms with Gasteiger partial charge in [0.05, 0.1) is 18.8 Å². The third kappa shape index (κ3) is 5.44. The maximum absolute atomic E-state index is 12.4. The van der Waals surface area contributed by atoms with Gasteiger partial charge in [0.2, 0.25) is 0 Å². The molecule has 1 aliphatic heterocycles. The summed E-state index contributed by atoms with van der Waals surface area (Å²) in [6.45, 7) is 6.76. The van der Waals surface area contributed by atoms with E-state index in [9.17, 15) is 4.79 Å². The number of hydrogen-bond acceptors (Lipinski definition) is 5. The van der Waals surface area contributed by atoms with Crippen LogP contribution in [0.4, 0.5) is 5.69 Å². The third-order valence-corrected chi connectivity index (χ3v) is 4.10. The van der Waals surface area contributed by atoms with E-state index >= 15 is 0 Å². The summed E-state index contributed by atoms with van der Waals surface area (Å²) in [5.41, 5.74) is 1.01. The molecule has 8 heteroatoms. The van der Waals surface area contributed by atoms with Crippen molar-refractivity contribution in [3.63, 3.8) is 0 Å². The molecule has 2 heterocycles. The van der Waals surface area contributed by atoms with Crippen molar-refractivity contribution in [1.82, 2.24) is 20.3 Å². The molecule has 0 saturated carbocycles. The number of carbonyl (C=O) groups is 1. The SMILES string of the molecule is CC(C)COc1cccc(NC(=O)c2cn(C3CCNCC3)nn2)c1.Cl. The molecule has 7 nitrogen and oxygen atoms in total. The van der Waals surface area contributed by atoms with Crippen molar-refractivity contribution in [3.8, 4) is 5.75 Å². The van der Waals surface area contributed by atoms with Crippen LogP contribution in [-0.2, 0) is 0 Å². The summed E-state index contributed by atoms with van der Waals surface area (Å²) in [6, 6.07) is 7.69. The maximum Gasteiger partial charge on any atom is 0.277 e. The van der Waals surface area contributed by atoms with Gasteiger partial charge >= 0.3 is 0 Å². The molecule has 2 N–H and O–H groups in total. The molecule has 0 spiro atoms. The molecule has 0 unspecified atom stereocenters. The van der Waals surface area contributed by atoms with Crippen LogP contribution in [0.5, 0.6) is 5.75 Å². The van der Waals surface area contributed by atoms with Crippen molar-refractivity contribution in [2.45, 2.75) is 32.7 Å². The summed E-state index contributed by atoms with van der Waals surface area (Å²) in [7, 11) is 0. The Balaban J connectivity index is 0.00000243. The number of amides is 1. The van der Waals surface area contributed by atoms with Gasteiger partial charge in [-0.1, -0.05) is 25.1 Å². The van der Waals surface area contributed by atoms with Crippen molar-refractivity contribution < 1.29 is 9.53 Å². The molecule has 0 aliphatic carbocycles. The fraction of sp³-hybridized carbons (Fsp3) is 0.500. The Hall–Kier alpha value is -2.12.